The Morgan fingerprint density at radius 1 is 1.00 bits per heavy atom. The van der Waals surface area contributed by atoms with Crippen LogP contribution in [0.25, 0.3) is 6.08 Å². The molecule has 2 aromatic rings. The zero-order valence-electron chi connectivity index (χ0n) is 15.2. The number of benzene rings is 1. The van der Waals surface area contributed by atoms with E-state index in [9.17, 15) is 14.4 Å². The van der Waals surface area contributed by atoms with Crippen LogP contribution < -0.4 is 5.32 Å². The minimum atomic E-state index is -0.685. The van der Waals surface area contributed by atoms with Crippen LogP contribution in [0.15, 0.2) is 62.4 Å². The Bertz CT molecular complexity index is 929. The molecule has 4 amide bonds. The summed E-state index contributed by atoms with van der Waals surface area (Å²) in [6.07, 6.45) is 6.03. The summed E-state index contributed by atoms with van der Waals surface area (Å²) in [6, 6.07) is 12.5. The molecule has 2 aliphatic rings. The number of nitrogens with one attached hydrogen (secondary N) is 1. The van der Waals surface area contributed by atoms with Gasteiger partial charge in [-0.25, -0.2) is 4.79 Å². The molecule has 1 aromatic carbocycles. The molecule has 1 aliphatic carbocycles. The van der Waals surface area contributed by atoms with Crippen molar-refractivity contribution in [2.45, 2.75) is 48.1 Å². The van der Waals surface area contributed by atoms with Gasteiger partial charge in [-0.1, -0.05) is 49.2 Å². The fourth-order valence-electron chi connectivity index (χ4n) is 3.56. The number of urea groups is 1. The summed E-state index contributed by atoms with van der Waals surface area (Å²) in [5.41, 5.74) is -0.0733. The Morgan fingerprint density at radius 3 is 2.50 bits per heavy atom. The molecule has 144 valence electrons. The summed E-state index contributed by atoms with van der Waals surface area (Å²) in [5, 5.41) is 2.94. The molecule has 4 rings (SSSR count). The van der Waals surface area contributed by atoms with Crippen LogP contribution in [0.3, 0.4) is 0 Å². The quantitative estimate of drug-likeness (QED) is 0.618. The van der Waals surface area contributed by atoms with Crippen molar-refractivity contribution in [1.82, 2.24) is 10.2 Å². The zero-order chi connectivity index (χ0) is 19.5. The van der Waals surface area contributed by atoms with E-state index in [2.05, 4.69) is 5.32 Å². The lowest BCUT2D eigenvalue weighted by atomic mass is 9.93. The van der Waals surface area contributed by atoms with E-state index in [1.165, 1.54) is 22.7 Å². The maximum absolute atomic E-state index is 12.9. The van der Waals surface area contributed by atoms with E-state index in [1.807, 2.05) is 30.3 Å². The average molecular weight is 396 g/mol. The van der Waals surface area contributed by atoms with Gasteiger partial charge >= 0.3 is 6.03 Å². The molecular formula is C21H20N2O4S. The van der Waals surface area contributed by atoms with E-state index in [4.69, 9.17) is 4.42 Å². The predicted molar refractivity (Wildman–Crippen MR) is 105 cm³/mol. The van der Waals surface area contributed by atoms with E-state index < -0.39 is 17.8 Å². The van der Waals surface area contributed by atoms with Gasteiger partial charge in [0.1, 0.15) is 11.3 Å². The molecule has 0 radical (unpaired) electrons. The Morgan fingerprint density at radius 2 is 1.75 bits per heavy atom. The molecule has 0 unspecified atom stereocenters. The second kappa shape index (κ2) is 8.06. The van der Waals surface area contributed by atoms with E-state index in [0.29, 0.717) is 10.9 Å². The van der Waals surface area contributed by atoms with Crippen LogP contribution in [0, 0.1) is 0 Å². The largest absolute Gasteiger partial charge is 0.450 e. The number of carbonyl (C=O) groups is 3. The van der Waals surface area contributed by atoms with Gasteiger partial charge in [-0.15, -0.1) is 0 Å². The van der Waals surface area contributed by atoms with Crippen molar-refractivity contribution in [2.24, 2.45) is 0 Å². The first-order valence-corrected chi connectivity index (χ1v) is 10.2. The van der Waals surface area contributed by atoms with E-state index >= 15 is 0 Å². The molecule has 2 fully saturated rings. The number of barbiturate groups is 1. The van der Waals surface area contributed by atoms with Crippen molar-refractivity contribution >= 4 is 35.7 Å². The third kappa shape index (κ3) is 3.89. The van der Waals surface area contributed by atoms with Gasteiger partial charge in [-0.05, 0) is 43.2 Å². The van der Waals surface area contributed by atoms with Crippen LogP contribution in [0.4, 0.5) is 4.79 Å². The topological polar surface area (TPSA) is 79.6 Å². The van der Waals surface area contributed by atoms with Crippen LogP contribution >= 0.6 is 11.8 Å². The monoisotopic (exact) mass is 396 g/mol. The van der Waals surface area contributed by atoms with Crippen LogP contribution in [0.5, 0.6) is 0 Å². The Balaban J connectivity index is 1.55. The molecule has 0 spiro atoms. The number of imide groups is 2. The van der Waals surface area contributed by atoms with Crippen LogP contribution in [0.1, 0.15) is 37.9 Å². The Kier molecular flexibility index (Phi) is 5.34. The average Bonchev–Trinajstić information content (AvgIpc) is 3.14. The van der Waals surface area contributed by atoms with Crippen LogP contribution in [0.2, 0.25) is 0 Å². The van der Waals surface area contributed by atoms with E-state index in [-0.39, 0.29) is 11.6 Å². The Labute approximate surface area is 167 Å². The van der Waals surface area contributed by atoms with Crippen molar-refractivity contribution < 1.29 is 18.8 Å². The predicted octanol–water partition coefficient (Wildman–Crippen LogP) is 4.23. The van der Waals surface area contributed by atoms with E-state index in [1.54, 1.807) is 12.1 Å². The normalized spacial score (nSPS) is 19.9. The summed E-state index contributed by atoms with van der Waals surface area (Å²) in [6.45, 7) is 0. The molecule has 0 atom stereocenters. The molecule has 6 nitrogen and oxygen atoms in total. The van der Waals surface area contributed by atoms with Crippen molar-refractivity contribution in [1.29, 1.82) is 0 Å². The standard InChI is InChI=1S/C21H20N2O4S/c24-19-17(20(25)23(21(26)22-19)14-7-3-1-4-8-14)13-15-11-12-18(27-15)28-16-9-5-2-6-10-16/h2,5-6,9-14H,1,3-4,7-8H2,(H,22,24,26). The van der Waals surface area contributed by atoms with Gasteiger partial charge < -0.3 is 4.42 Å². The lowest BCUT2D eigenvalue weighted by molar-refractivity contribution is -0.132. The SMILES string of the molecule is O=C1NC(=O)N(C2CCCCC2)C(=O)C1=Cc1ccc(Sc2ccccc2)o1. The van der Waals surface area contributed by atoms with Gasteiger partial charge in [0.05, 0.1) is 0 Å². The van der Waals surface area contributed by atoms with Gasteiger partial charge in [0, 0.05) is 10.9 Å². The highest BCUT2D eigenvalue weighted by atomic mass is 32.2. The van der Waals surface area contributed by atoms with Crippen molar-refractivity contribution in [3.05, 3.63) is 53.8 Å². The summed E-state index contributed by atoms with van der Waals surface area (Å²) < 4.78 is 5.75. The summed E-state index contributed by atoms with van der Waals surface area (Å²) in [5.74, 6) is -0.833. The molecule has 1 saturated carbocycles. The maximum atomic E-state index is 12.9. The minimum Gasteiger partial charge on any atom is -0.450 e. The number of rotatable bonds is 4. The van der Waals surface area contributed by atoms with Gasteiger partial charge in [0.15, 0.2) is 5.09 Å². The first kappa shape index (κ1) is 18.6. The summed E-state index contributed by atoms with van der Waals surface area (Å²) in [4.78, 5) is 39.6. The fourth-order valence-corrected chi connectivity index (χ4v) is 4.36. The number of hydrogen-bond donors (Lipinski definition) is 1. The molecular weight excluding hydrogens is 376 g/mol. The zero-order valence-corrected chi connectivity index (χ0v) is 16.0. The van der Waals surface area contributed by atoms with Crippen LogP contribution in [-0.4, -0.2) is 28.8 Å². The third-order valence-corrected chi connectivity index (χ3v) is 5.85. The third-order valence-electron chi connectivity index (χ3n) is 4.92. The first-order chi connectivity index (χ1) is 13.6. The number of carbonyl (C=O) groups excluding carboxylic acids is 3. The van der Waals surface area contributed by atoms with Gasteiger partial charge in [0.2, 0.25) is 0 Å². The van der Waals surface area contributed by atoms with Gasteiger partial charge in [-0.2, -0.15) is 0 Å². The minimum absolute atomic E-state index is 0.0733. The maximum Gasteiger partial charge on any atom is 0.331 e. The Hall–Kier alpha value is -2.80. The highest BCUT2D eigenvalue weighted by Crippen LogP contribution is 2.30. The van der Waals surface area contributed by atoms with Crippen LogP contribution in [-0.2, 0) is 9.59 Å². The lowest BCUT2D eigenvalue weighted by Gasteiger charge is -2.35. The molecule has 1 N–H and O–H groups in total. The molecule has 28 heavy (non-hydrogen) atoms. The first-order valence-electron chi connectivity index (χ1n) is 9.35. The molecule has 1 aromatic heterocycles. The molecule has 1 aliphatic heterocycles. The molecule has 2 heterocycles. The highest BCUT2D eigenvalue weighted by Gasteiger charge is 2.40. The lowest BCUT2D eigenvalue weighted by Crippen LogP contribution is -2.58. The number of furan rings is 1. The second-order valence-electron chi connectivity index (χ2n) is 6.86. The smallest absolute Gasteiger partial charge is 0.331 e. The highest BCUT2D eigenvalue weighted by molar-refractivity contribution is 7.99. The van der Waals surface area contributed by atoms with E-state index in [0.717, 1.165) is 37.0 Å². The molecule has 1 saturated heterocycles. The van der Waals surface area contributed by atoms with Crippen molar-refractivity contribution in [3.63, 3.8) is 0 Å². The second-order valence-corrected chi connectivity index (χ2v) is 7.93. The number of nitrogens with zero attached hydrogens (tertiary/aromatic N) is 1. The molecule has 7 heteroatoms. The van der Waals surface area contributed by atoms with Crippen molar-refractivity contribution in [2.75, 3.05) is 0 Å². The summed E-state index contributed by atoms with van der Waals surface area (Å²) in [7, 11) is 0. The van der Waals surface area contributed by atoms with Gasteiger partial charge in [0.25, 0.3) is 11.8 Å². The fraction of sp³-hybridized carbons (Fsp3) is 0.286. The number of hydrogen-bond acceptors (Lipinski definition) is 5. The molecule has 0 bridgehead atoms. The number of amides is 4. The van der Waals surface area contributed by atoms with Gasteiger partial charge in [-0.3, -0.25) is 19.8 Å². The van der Waals surface area contributed by atoms with Crippen molar-refractivity contribution in [3.8, 4) is 0 Å². The summed E-state index contributed by atoms with van der Waals surface area (Å²) >= 11 is 1.45.